The van der Waals surface area contributed by atoms with Gasteiger partial charge in [0.25, 0.3) is 11.8 Å². The molecule has 1 aromatic heterocycles. The van der Waals surface area contributed by atoms with Crippen molar-refractivity contribution in [3.63, 3.8) is 0 Å². The summed E-state index contributed by atoms with van der Waals surface area (Å²) in [5.41, 5.74) is 0.996. The summed E-state index contributed by atoms with van der Waals surface area (Å²) >= 11 is 1.56. The minimum Gasteiger partial charge on any atom is -0.271 e. The molecule has 0 atom stereocenters. The Morgan fingerprint density at radius 2 is 1.92 bits per heavy atom. The highest BCUT2D eigenvalue weighted by atomic mass is 32.1. The summed E-state index contributed by atoms with van der Waals surface area (Å²) in [7, 11) is 0. The maximum Gasteiger partial charge on any atom is 0.253 e. The Bertz CT molecular complexity index is 349. The zero-order valence-electron chi connectivity index (χ0n) is 6.77. The summed E-state index contributed by atoms with van der Waals surface area (Å²) in [5.74, 6) is -0.451. The second kappa shape index (κ2) is 3.14. The van der Waals surface area contributed by atoms with Crippen molar-refractivity contribution in [1.82, 2.24) is 4.90 Å². The first-order chi connectivity index (χ1) is 6.27. The third-order valence-electron chi connectivity index (χ3n) is 1.82. The number of nitrogens with zero attached hydrogens (tertiary/aromatic N) is 1. The molecule has 4 heteroatoms. The van der Waals surface area contributed by atoms with Crippen molar-refractivity contribution in [2.45, 2.75) is 6.54 Å². The van der Waals surface area contributed by atoms with Gasteiger partial charge in [0.05, 0.1) is 6.54 Å². The van der Waals surface area contributed by atoms with Crippen LogP contribution < -0.4 is 0 Å². The van der Waals surface area contributed by atoms with Gasteiger partial charge < -0.3 is 0 Å². The van der Waals surface area contributed by atoms with Gasteiger partial charge in [-0.05, 0) is 22.4 Å². The van der Waals surface area contributed by atoms with Gasteiger partial charge in [-0.15, -0.1) is 0 Å². The number of thiophene rings is 1. The van der Waals surface area contributed by atoms with Crippen LogP contribution in [0.2, 0.25) is 0 Å². The second-order valence-corrected chi connectivity index (χ2v) is 3.51. The predicted molar refractivity (Wildman–Crippen MR) is 49.0 cm³/mol. The quantitative estimate of drug-likeness (QED) is 0.661. The molecule has 13 heavy (non-hydrogen) atoms. The number of rotatable bonds is 2. The average Bonchev–Trinajstić information content (AvgIpc) is 2.70. The standard InChI is InChI=1S/C9H7NO2S/c11-8-1-2-9(12)10(8)5-7-3-4-13-6-7/h1-4,6H,5H2. The first kappa shape index (κ1) is 8.19. The Morgan fingerprint density at radius 3 is 2.46 bits per heavy atom. The molecule has 1 aromatic rings. The fourth-order valence-electron chi connectivity index (χ4n) is 1.15. The Morgan fingerprint density at radius 1 is 1.23 bits per heavy atom. The Balaban J connectivity index is 2.11. The van der Waals surface area contributed by atoms with Gasteiger partial charge in [0, 0.05) is 12.2 Å². The molecule has 0 N–H and O–H groups in total. The largest absolute Gasteiger partial charge is 0.271 e. The highest BCUT2D eigenvalue weighted by Gasteiger charge is 2.22. The van der Waals surface area contributed by atoms with Crippen LogP contribution in [0.1, 0.15) is 5.56 Å². The number of hydrogen-bond donors (Lipinski definition) is 0. The molecule has 2 rings (SSSR count). The van der Waals surface area contributed by atoms with Gasteiger partial charge in [0.15, 0.2) is 0 Å². The van der Waals surface area contributed by atoms with Crippen LogP contribution in [0.15, 0.2) is 29.0 Å². The maximum absolute atomic E-state index is 11.1. The number of carbonyl (C=O) groups is 2. The van der Waals surface area contributed by atoms with E-state index in [4.69, 9.17) is 0 Å². The Labute approximate surface area is 79.3 Å². The van der Waals surface area contributed by atoms with Crippen LogP contribution in [-0.4, -0.2) is 16.7 Å². The summed E-state index contributed by atoms with van der Waals surface area (Å²) < 4.78 is 0. The van der Waals surface area contributed by atoms with E-state index in [9.17, 15) is 9.59 Å². The SMILES string of the molecule is O=C1C=CC(=O)N1Cc1ccsc1. The second-order valence-electron chi connectivity index (χ2n) is 2.73. The van der Waals surface area contributed by atoms with Gasteiger partial charge in [-0.1, -0.05) is 0 Å². The van der Waals surface area contributed by atoms with Crippen LogP contribution in [0.25, 0.3) is 0 Å². The van der Waals surface area contributed by atoms with Gasteiger partial charge in [-0.3, -0.25) is 14.5 Å². The van der Waals surface area contributed by atoms with Crippen molar-refractivity contribution in [2.75, 3.05) is 0 Å². The summed E-state index contributed by atoms with van der Waals surface area (Å²) in [6.45, 7) is 0.383. The van der Waals surface area contributed by atoms with E-state index in [2.05, 4.69) is 0 Å². The van der Waals surface area contributed by atoms with Crippen molar-refractivity contribution in [1.29, 1.82) is 0 Å². The third-order valence-corrected chi connectivity index (χ3v) is 2.55. The summed E-state index contributed by atoms with van der Waals surface area (Å²) in [4.78, 5) is 23.5. The normalized spacial score (nSPS) is 15.8. The number of amides is 2. The highest BCUT2D eigenvalue weighted by molar-refractivity contribution is 7.07. The number of carbonyl (C=O) groups excluding carboxylic acids is 2. The fourth-order valence-corrected chi connectivity index (χ4v) is 1.81. The van der Waals surface area contributed by atoms with Gasteiger partial charge in [-0.25, -0.2) is 0 Å². The molecule has 0 fully saturated rings. The Hall–Kier alpha value is -1.42. The van der Waals surface area contributed by atoms with Crippen LogP contribution in [0.3, 0.4) is 0 Å². The number of imide groups is 1. The van der Waals surface area contributed by atoms with Crippen molar-refractivity contribution in [3.8, 4) is 0 Å². The van der Waals surface area contributed by atoms with E-state index in [0.29, 0.717) is 6.54 Å². The molecule has 0 bridgehead atoms. The first-order valence-electron chi connectivity index (χ1n) is 3.82. The van der Waals surface area contributed by atoms with E-state index in [1.54, 1.807) is 11.3 Å². The van der Waals surface area contributed by atoms with Crippen molar-refractivity contribution in [2.24, 2.45) is 0 Å². The van der Waals surface area contributed by atoms with Crippen molar-refractivity contribution >= 4 is 23.2 Å². The van der Waals surface area contributed by atoms with Crippen LogP contribution in [0.4, 0.5) is 0 Å². The predicted octanol–water partition coefficient (Wildman–Crippen LogP) is 1.17. The first-order valence-corrected chi connectivity index (χ1v) is 4.76. The van der Waals surface area contributed by atoms with E-state index >= 15 is 0 Å². The molecule has 2 amide bonds. The third kappa shape index (κ3) is 1.53. The van der Waals surface area contributed by atoms with E-state index < -0.39 is 0 Å². The van der Waals surface area contributed by atoms with Crippen LogP contribution in [0, 0.1) is 0 Å². The summed E-state index contributed by atoms with van der Waals surface area (Å²) in [5, 5.41) is 3.85. The summed E-state index contributed by atoms with van der Waals surface area (Å²) in [6, 6.07) is 1.91. The molecule has 1 aliphatic rings. The molecule has 0 unspecified atom stereocenters. The van der Waals surface area contributed by atoms with Crippen molar-refractivity contribution in [3.05, 3.63) is 34.5 Å². The zero-order chi connectivity index (χ0) is 9.26. The maximum atomic E-state index is 11.1. The van der Waals surface area contributed by atoms with Gasteiger partial charge in [-0.2, -0.15) is 11.3 Å². The molecule has 0 radical (unpaired) electrons. The average molecular weight is 193 g/mol. The monoisotopic (exact) mass is 193 g/mol. The molecule has 0 spiro atoms. The van der Waals surface area contributed by atoms with Gasteiger partial charge in [0.1, 0.15) is 0 Å². The fraction of sp³-hybridized carbons (Fsp3) is 0.111. The minimum atomic E-state index is -0.226. The molecular formula is C9H7NO2S. The zero-order valence-corrected chi connectivity index (χ0v) is 7.58. The molecule has 2 heterocycles. The molecule has 3 nitrogen and oxygen atoms in total. The van der Waals surface area contributed by atoms with E-state index in [1.807, 2.05) is 16.8 Å². The lowest BCUT2D eigenvalue weighted by atomic mass is 10.3. The molecule has 66 valence electrons. The summed E-state index contributed by atoms with van der Waals surface area (Å²) in [6.07, 6.45) is 2.60. The highest BCUT2D eigenvalue weighted by Crippen LogP contribution is 2.12. The van der Waals surface area contributed by atoms with E-state index in [-0.39, 0.29) is 11.8 Å². The van der Waals surface area contributed by atoms with Gasteiger partial charge >= 0.3 is 0 Å². The van der Waals surface area contributed by atoms with Crippen LogP contribution in [-0.2, 0) is 16.1 Å². The smallest absolute Gasteiger partial charge is 0.253 e. The lowest BCUT2D eigenvalue weighted by Crippen LogP contribution is -2.28. The molecule has 0 aliphatic carbocycles. The van der Waals surface area contributed by atoms with Crippen LogP contribution in [0.5, 0.6) is 0 Å². The van der Waals surface area contributed by atoms with Crippen molar-refractivity contribution < 1.29 is 9.59 Å². The van der Waals surface area contributed by atoms with Gasteiger partial charge in [0.2, 0.25) is 0 Å². The van der Waals surface area contributed by atoms with Crippen LogP contribution >= 0.6 is 11.3 Å². The molecular weight excluding hydrogens is 186 g/mol. The lowest BCUT2D eigenvalue weighted by molar-refractivity contribution is -0.137. The lowest BCUT2D eigenvalue weighted by Gasteiger charge is -2.11. The minimum absolute atomic E-state index is 0.226. The molecule has 1 aliphatic heterocycles. The topological polar surface area (TPSA) is 37.4 Å². The Kier molecular flexibility index (Phi) is 1.98. The van der Waals surface area contributed by atoms with E-state index in [0.717, 1.165) is 5.56 Å². The number of hydrogen-bond acceptors (Lipinski definition) is 3. The molecule has 0 aromatic carbocycles. The molecule has 0 saturated heterocycles. The molecule has 0 saturated carbocycles. The van der Waals surface area contributed by atoms with E-state index in [1.165, 1.54) is 17.1 Å².